The summed E-state index contributed by atoms with van der Waals surface area (Å²) in [6.45, 7) is 3.98. The summed E-state index contributed by atoms with van der Waals surface area (Å²) in [7, 11) is 0. The summed E-state index contributed by atoms with van der Waals surface area (Å²) in [6.07, 6.45) is 3.14. The van der Waals surface area contributed by atoms with Gasteiger partial charge >= 0.3 is 0 Å². The van der Waals surface area contributed by atoms with Crippen molar-refractivity contribution in [2.75, 3.05) is 0 Å². The molecule has 4 heteroatoms. The molecule has 0 heterocycles. The zero-order chi connectivity index (χ0) is 18.5. The van der Waals surface area contributed by atoms with E-state index in [0.717, 1.165) is 33.4 Å². The first-order valence-electron chi connectivity index (χ1n) is 8.11. The van der Waals surface area contributed by atoms with E-state index < -0.39 is 0 Å². The van der Waals surface area contributed by atoms with Gasteiger partial charge in [-0.3, -0.25) is 0 Å². The first-order valence-corrected chi connectivity index (χ1v) is 8.11. The van der Waals surface area contributed by atoms with Crippen LogP contribution in [0.3, 0.4) is 0 Å². The Hall–Kier alpha value is -3.58. The average Bonchev–Trinajstić information content (AvgIpc) is 2.63. The van der Waals surface area contributed by atoms with Crippen molar-refractivity contribution in [3.05, 3.63) is 71.8 Å². The fourth-order valence-corrected chi connectivity index (χ4v) is 3.10. The number of aliphatic imine (C=N–C) groups is 2. The minimum Gasteiger partial charge on any atom is -0.211 e. The Morgan fingerprint density at radius 3 is 1.38 bits per heavy atom. The molecule has 3 rings (SSSR count). The smallest absolute Gasteiger partial charge is 0.211 e. The predicted octanol–water partition coefficient (Wildman–Crippen LogP) is 5.57. The van der Waals surface area contributed by atoms with Gasteiger partial charge in [-0.05, 0) is 71.5 Å². The van der Waals surface area contributed by atoms with Gasteiger partial charge in [-0.25, -0.2) is 9.59 Å². The van der Waals surface area contributed by atoms with Gasteiger partial charge in [-0.1, -0.05) is 36.4 Å². The van der Waals surface area contributed by atoms with Crippen LogP contribution in [0.5, 0.6) is 0 Å². The molecule has 0 saturated heterocycles. The van der Waals surface area contributed by atoms with Crippen molar-refractivity contribution in [2.45, 2.75) is 13.8 Å². The molecule has 0 aliphatic rings. The van der Waals surface area contributed by atoms with Gasteiger partial charge in [0.05, 0.1) is 11.4 Å². The van der Waals surface area contributed by atoms with Crippen LogP contribution in [0, 0.1) is 13.8 Å². The lowest BCUT2D eigenvalue weighted by molar-refractivity contribution is 0.564. The molecule has 0 fully saturated rings. The SMILES string of the molecule is Cc1cc(N=C=O)ccc1-c1ccccc1-c1ccc(N=C=O)cc1C. The summed E-state index contributed by atoms with van der Waals surface area (Å²) < 4.78 is 0. The molecule has 26 heavy (non-hydrogen) atoms. The Morgan fingerprint density at radius 1 is 0.615 bits per heavy atom. The van der Waals surface area contributed by atoms with Crippen molar-refractivity contribution in [1.82, 2.24) is 0 Å². The molecular formula is C22H16N2O2. The van der Waals surface area contributed by atoms with Crippen molar-refractivity contribution in [3.8, 4) is 22.3 Å². The maximum absolute atomic E-state index is 10.5. The largest absolute Gasteiger partial charge is 0.240 e. The summed E-state index contributed by atoms with van der Waals surface area (Å²) in [5, 5.41) is 0. The summed E-state index contributed by atoms with van der Waals surface area (Å²) in [5.41, 5.74) is 7.53. The molecule has 0 atom stereocenters. The second kappa shape index (κ2) is 7.54. The lowest BCUT2D eigenvalue weighted by Gasteiger charge is -2.14. The Labute approximate surface area is 151 Å². The highest BCUT2D eigenvalue weighted by Gasteiger charge is 2.11. The molecule has 4 nitrogen and oxygen atoms in total. The van der Waals surface area contributed by atoms with Crippen LogP contribution in [0.25, 0.3) is 22.3 Å². The van der Waals surface area contributed by atoms with E-state index >= 15 is 0 Å². The normalized spacial score (nSPS) is 9.92. The van der Waals surface area contributed by atoms with E-state index in [1.165, 1.54) is 0 Å². The van der Waals surface area contributed by atoms with Crippen molar-refractivity contribution >= 4 is 23.5 Å². The molecule has 3 aromatic carbocycles. The standard InChI is InChI=1S/C22H16N2O2/c1-15-11-17(23-13-25)7-9-19(15)21-5-3-4-6-22(21)20-10-8-18(24-14-26)12-16(20)2/h3-12H,1-2H3. The molecule has 0 bridgehead atoms. The molecular weight excluding hydrogens is 324 g/mol. The zero-order valence-electron chi connectivity index (χ0n) is 14.5. The van der Waals surface area contributed by atoms with Gasteiger partial charge in [0.1, 0.15) is 0 Å². The maximum Gasteiger partial charge on any atom is 0.240 e. The molecule has 0 aliphatic heterocycles. The minimum atomic E-state index is 0.589. The van der Waals surface area contributed by atoms with Gasteiger partial charge in [0.15, 0.2) is 0 Å². The number of hydrogen-bond acceptors (Lipinski definition) is 4. The van der Waals surface area contributed by atoms with Gasteiger partial charge < -0.3 is 0 Å². The minimum absolute atomic E-state index is 0.589. The van der Waals surface area contributed by atoms with Crippen LogP contribution in [0.1, 0.15) is 11.1 Å². The van der Waals surface area contributed by atoms with Crippen LogP contribution in [-0.2, 0) is 9.59 Å². The summed E-state index contributed by atoms with van der Waals surface area (Å²) >= 11 is 0. The number of isocyanates is 2. The third kappa shape index (κ3) is 3.42. The highest BCUT2D eigenvalue weighted by atomic mass is 16.1. The summed E-state index contributed by atoms with van der Waals surface area (Å²) in [6, 6.07) is 19.4. The first-order chi connectivity index (χ1) is 12.6. The predicted molar refractivity (Wildman–Crippen MR) is 102 cm³/mol. The molecule has 0 aliphatic carbocycles. The monoisotopic (exact) mass is 340 g/mol. The molecule has 0 spiro atoms. The molecule has 3 aromatic rings. The molecule has 0 N–H and O–H groups in total. The van der Waals surface area contributed by atoms with E-state index in [9.17, 15) is 9.59 Å². The maximum atomic E-state index is 10.5. The fourth-order valence-electron chi connectivity index (χ4n) is 3.10. The Bertz CT molecular complexity index is 987. The number of nitrogens with zero attached hydrogens (tertiary/aromatic N) is 2. The van der Waals surface area contributed by atoms with Crippen LogP contribution in [0.4, 0.5) is 11.4 Å². The topological polar surface area (TPSA) is 58.9 Å². The molecule has 126 valence electrons. The Kier molecular flexibility index (Phi) is 5.00. The lowest BCUT2D eigenvalue weighted by atomic mass is 9.90. The third-order valence-electron chi connectivity index (χ3n) is 4.28. The van der Waals surface area contributed by atoms with Crippen LogP contribution >= 0.6 is 0 Å². The van der Waals surface area contributed by atoms with Crippen LogP contribution in [-0.4, -0.2) is 12.2 Å². The lowest BCUT2D eigenvalue weighted by Crippen LogP contribution is -1.90. The summed E-state index contributed by atoms with van der Waals surface area (Å²) in [5.74, 6) is 0. The van der Waals surface area contributed by atoms with Gasteiger partial charge in [-0.2, -0.15) is 9.98 Å². The first kappa shape index (κ1) is 17.2. The average molecular weight is 340 g/mol. The van der Waals surface area contributed by atoms with E-state index in [1.807, 2.05) is 50.2 Å². The van der Waals surface area contributed by atoms with E-state index in [4.69, 9.17) is 0 Å². The molecule has 0 unspecified atom stereocenters. The van der Waals surface area contributed by atoms with Crippen molar-refractivity contribution in [2.24, 2.45) is 9.98 Å². The van der Waals surface area contributed by atoms with Crippen molar-refractivity contribution < 1.29 is 9.59 Å². The van der Waals surface area contributed by atoms with Gasteiger partial charge in [0, 0.05) is 0 Å². The number of aryl methyl sites for hydroxylation is 2. The van der Waals surface area contributed by atoms with Gasteiger partial charge in [0.25, 0.3) is 0 Å². The van der Waals surface area contributed by atoms with Crippen molar-refractivity contribution in [1.29, 1.82) is 0 Å². The van der Waals surface area contributed by atoms with E-state index in [0.29, 0.717) is 11.4 Å². The fraction of sp³-hybridized carbons (Fsp3) is 0.0909. The molecule has 0 radical (unpaired) electrons. The van der Waals surface area contributed by atoms with Crippen LogP contribution in [0.2, 0.25) is 0 Å². The van der Waals surface area contributed by atoms with Crippen molar-refractivity contribution in [3.63, 3.8) is 0 Å². The highest BCUT2D eigenvalue weighted by molar-refractivity contribution is 5.87. The summed E-state index contributed by atoms with van der Waals surface area (Å²) in [4.78, 5) is 28.3. The van der Waals surface area contributed by atoms with Crippen LogP contribution in [0.15, 0.2) is 70.6 Å². The van der Waals surface area contributed by atoms with Gasteiger partial charge in [0.2, 0.25) is 12.2 Å². The third-order valence-corrected chi connectivity index (χ3v) is 4.28. The molecule has 0 saturated carbocycles. The number of benzene rings is 3. The number of hydrogen-bond donors (Lipinski definition) is 0. The van der Waals surface area contributed by atoms with E-state index in [2.05, 4.69) is 22.1 Å². The highest BCUT2D eigenvalue weighted by Crippen LogP contribution is 2.37. The van der Waals surface area contributed by atoms with E-state index in [1.54, 1.807) is 24.3 Å². The van der Waals surface area contributed by atoms with E-state index in [-0.39, 0.29) is 0 Å². The van der Waals surface area contributed by atoms with Crippen LogP contribution < -0.4 is 0 Å². The zero-order valence-corrected chi connectivity index (χ0v) is 14.5. The number of carbonyl (C=O) groups excluding carboxylic acids is 2. The second-order valence-corrected chi connectivity index (χ2v) is 5.95. The Morgan fingerprint density at radius 2 is 1.04 bits per heavy atom. The molecule has 0 aromatic heterocycles. The number of rotatable bonds is 4. The second-order valence-electron chi connectivity index (χ2n) is 5.95. The quantitative estimate of drug-likeness (QED) is 0.460. The van der Waals surface area contributed by atoms with Gasteiger partial charge in [-0.15, -0.1) is 0 Å². The molecule has 0 amide bonds. The Balaban J connectivity index is 2.16.